The average Bonchev–Trinajstić information content (AvgIpc) is 2.32. The van der Waals surface area contributed by atoms with Gasteiger partial charge in [-0.1, -0.05) is 28.1 Å². The lowest BCUT2D eigenvalue weighted by molar-refractivity contribution is -0.185. The van der Waals surface area contributed by atoms with E-state index in [1.165, 1.54) is 4.90 Å². The van der Waals surface area contributed by atoms with E-state index in [2.05, 4.69) is 15.9 Å². The van der Waals surface area contributed by atoms with Crippen LogP contribution in [0.2, 0.25) is 0 Å². The molecule has 0 spiro atoms. The Bertz CT molecular complexity index is 387. The average molecular weight is 340 g/mol. The van der Waals surface area contributed by atoms with Gasteiger partial charge in [-0.15, -0.1) is 0 Å². The van der Waals surface area contributed by atoms with Crippen molar-refractivity contribution >= 4 is 27.7 Å². The van der Waals surface area contributed by atoms with Crippen LogP contribution in [-0.2, 0) is 0 Å². The van der Waals surface area contributed by atoms with Gasteiger partial charge in [0.2, 0.25) is 0 Å². The molecular formula is C12H13BrF3NS. The maximum absolute atomic E-state index is 13.2. The Morgan fingerprint density at radius 2 is 1.67 bits per heavy atom. The number of benzene rings is 1. The highest BCUT2D eigenvalue weighted by Gasteiger charge is 2.44. The van der Waals surface area contributed by atoms with Gasteiger partial charge in [0.25, 0.3) is 0 Å². The second-order valence-corrected chi connectivity index (χ2v) is 6.28. The van der Waals surface area contributed by atoms with Crippen LogP contribution in [0.4, 0.5) is 13.2 Å². The number of nitrogens with zero attached hydrogens (tertiary/aromatic N) is 1. The van der Waals surface area contributed by atoms with E-state index >= 15 is 0 Å². The maximum atomic E-state index is 13.2. The van der Waals surface area contributed by atoms with E-state index in [0.717, 1.165) is 16.0 Å². The third-order valence-electron chi connectivity index (χ3n) is 2.91. The van der Waals surface area contributed by atoms with E-state index < -0.39 is 12.2 Å². The first-order valence-electron chi connectivity index (χ1n) is 5.62. The van der Waals surface area contributed by atoms with Crippen molar-refractivity contribution in [2.75, 3.05) is 24.6 Å². The molecule has 0 amide bonds. The zero-order valence-corrected chi connectivity index (χ0v) is 12.0. The van der Waals surface area contributed by atoms with E-state index in [0.29, 0.717) is 18.7 Å². The van der Waals surface area contributed by atoms with E-state index in [-0.39, 0.29) is 0 Å². The van der Waals surface area contributed by atoms with Crippen LogP contribution in [0.1, 0.15) is 11.6 Å². The van der Waals surface area contributed by atoms with Crippen molar-refractivity contribution in [2.24, 2.45) is 0 Å². The molecule has 1 heterocycles. The minimum absolute atomic E-state index is 0.317. The first-order valence-corrected chi connectivity index (χ1v) is 7.57. The molecule has 100 valence electrons. The molecule has 2 rings (SSSR count). The van der Waals surface area contributed by atoms with Crippen molar-refractivity contribution in [1.82, 2.24) is 4.90 Å². The van der Waals surface area contributed by atoms with Gasteiger partial charge in [0, 0.05) is 29.1 Å². The normalized spacial score (nSPS) is 19.8. The molecule has 1 aliphatic rings. The van der Waals surface area contributed by atoms with Crippen molar-refractivity contribution in [3.05, 3.63) is 34.3 Å². The molecule has 0 unspecified atom stereocenters. The van der Waals surface area contributed by atoms with Gasteiger partial charge in [-0.2, -0.15) is 24.9 Å². The molecule has 6 heteroatoms. The number of alkyl halides is 3. The topological polar surface area (TPSA) is 3.24 Å². The summed E-state index contributed by atoms with van der Waals surface area (Å²) >= 11 is 4.95. The summed E-state index contributed by atoms with van der Waals surface area (Å²) in [6.07, 6.45) is -4.23. The summed E-state index contributed by atoms with van der Waals surface area (Å²) < 4.78 is 40.5. The summed E-state index contributed by atoms with van der Waals surface area (Å²) in [5, 5.41) is 0. The van der Waals surface area contributed by atoms with Gasteiger partial charge in [-0.25, -0.2) is 0 Å². The van der Waals surface area contributed by atoms with Gasteiger partial charge in [-0.3, -0.25) is 4.90 Å². The molecule has 1 aromatic carbocycles. The fraction of sp³-hybridized carbons (Fsp3) is 0.500. The van der Waals surface area contributed by atoms with Crippen molar-refractivity contribution in [3.8, 4) is 0 Å². The van der Waals surface area contributed by atoms with Gasteiger partial charge >= 0.3 is 6.18 Å². The van der Waals surface area contributed by atoms with Crippen LogP contribution >= 0.6 is 27.7 Å². The fourth-order valence-corrected chi connectivity index (χ4v) is 3.28. The van der Waals surface area contributed by atoms with E-state index in [1.807, 2.05) is 0 Å². The molecule has 0 saturated carbocycles. The molecule has 1 aromatic rings. The molecular weight excluding hydrogens is 327 g/mol. The highest BCUT2D eigenvalue weighted by Crippen LogP contribution is 2.38. The highest BCUT2D eigenvalue weighted by molar-refractivity contribution is 9.10. The Morgan fingerprint density at radius 1 is 1.11 bits per heavy atom. The summed E-state index contributed by atoms with van der Waals surface area (Å²) in [6.45, 7) is 0.982. The van der Waals surface area contributed by atoms with Crippen LogP contribution in [0.5, 0.6) is 0 Å². The second kappa shape index (κ2) is 5.84. The van der Waals surface area contributed by atoms with Gasteiger partial charge in [0.15, 0.2) is 0 Å². The summed E-state index contributed by atoms with van der Waals surface area (Å²) in [4.78, 5) is 1.53. The fourth-order valence-electron chi connectivity index (χ4n) is 2.09. The number of thioether (sulfide) groups is 1. The third-order valence-corrected chi connectivity index (χ3v) is 4.38. The molecule has 18 heavy (non-hydrogen) atoms. The standard InChI is InChI=1S/C12H13BrF3NS/c13-10-3-1-9(2-4-10)11(12(14,15)16)17-5-7-18-8-6-17/h1-4,11H,5-8H2/t11-/m0/s1. The Balaban J connectivity index is 2.27. The number of hydrogen-bond acceptors (Lipinski definition) is 2. The molecule has 1 saturated heterocycles. The van der Waals surface area contributed by atoms with Crippen LogP contribution in [-0.4, -0.2) is 35.7 Å². The van der Waals surface area contributed by atoms with Crippen molar-refractivity contribution < 1.29 is 13.2 Å². The smallest absolute Gasteiger partial charge is 0.287 e. The van der Waals surface area contributed by atoms with Crippen molar-refractivity contribution in [2.45, 2.75) is 12.2 Å². The first-order chi connectivity index (χ1) is 8.48. The van der Waals surface area contributed by atoms with Crippen LogP contribution in [0.15, 0.2) is 28.7 Å². The zero-order valence-electron chi connectivity index (χ0n) is 9.58. The monoisotopic (exact) mass is 339 g/mol. The summed E-state index contributed by atoms with van der Waals surface area (Å²) in [7, 11) is 0. The van der Waals surface area contributed by atoms with Crippen LogP contribution in [0, 0.1) is 0 Å². The molecule has 1 fully saturated rings. The van der Waals surface area contributed by atoms with Gasteiger partial charge in [-0.05, 0) is 17.7 Å². The van der Waals surface area contributed by atoms with E-state index in [4.69, 9.17) is 0 Å². The largest absolute Gasteiger partial charge is 0.408 e. The number of rotatable bonds is 2. The zero-order chi connectivity index (χ0) is 13.2. The van der Waals surface area contributed by atoms with E-state index in [9.17, 15) is 13.2 Å². The molecule has 0 N–H and O–H groups in total. The Morgan fingerprint density at radius 3 is 2.17 bits per heavy atom. The van der Waals surface area contributed by atoms with Crippen LogP contribution < -0.4 is 0 Å². The minimum atomic E-state index is -4.23. The Hall–Kier alpha value is -0.200. The summed E-state index contributed by atoms with van der Waals surface area (Å²) in [5.41, 5.74) is 0.317. The van der Waals surface area contributed by atoms with Gasteiger partial charge < -0.3 is 0 Å². The number of halogens is 4. The SMILES string of the molecule is FC(F)(F)[C@H](c1ccc(Br)cc1)N1CCSCC1. The summed E-state index contributed by atoms with van der Waals surface area (Å²) in [6, 6.07) is 4.93. The second-order valence-electron chi connectivity index (χ2n) is 4.14. The van der Waals surface area contributed by atoms with Crippen molar-refractivity contribution in [1.29, 1.82) is 0 Å². The lowest BCUT2D eigenvalue weighted by Crippen LogP contribution is -2.42. The molecule has 0 radical (unpaired) electrons. The van der Waals surface area contributed by atoms with Crippen LogP contribution in [0.25, 0.3) is 0 Å². The molecule has 0 aliphatic carbocycles. The highest BCUT2D eigenvalue weighted by atomic mass is 79.9. The van der Waals surface area contributed by atoms with Gasteiger partial charge in [0.1, 0.15) is 6.04 Å². The number of hydrogen-bond donors (Lipinski definition) is 0. The lowest BCUT2D eigenvalue weighted by Gasteiger charge is -2.35. The molecule has 0 aromatic heterocycles. The predicted molar refractivity (Wildman–Crippen MR) is 71.8 cm³/mol. The molecule has 1 aliphatic heterocycles. The third kappa shape index (κ3) is 3.42. The maximum Gasteiger partial charge on any atom is 0.408 e. The first kappa shape index (κ1) is 14.2. The lowest BCUT2D eigenvalue weighted by atomic mass is 10.0. The Kier molecular flexibility index (Phi) is 4.61. The molecule has 1 atom stereocenters. The minimum Gasteiger partial charge on any atom is -0.287 e. The van der Waals surface area contributed by atoms with Gasteiger partial charge in [0.05, 0.1) is 0 Å². The predicted octanol–water partition coefficient (Wildman–Crippen LogP) is 4.10. The van der Waals surface area contributed by atoms with E-state index in [1.54, 1.807) is 36.0 Å². The van der Waals surface area contributed by atoms with Crippen molar-refractivity contribution in [3.63, 3.8) is 0 Å². The Labute approximate surface area is 117 Å². The van der Waals surface area contributed by atoms with Crippen LogP contribution in [0.3, 0.4) is 0 Å². The molecule has 1 nitrogen and oxygen atoms in total. The summed E-state index contributed by atoms with van der Waals surface area (Å²) in [5.74, 6) is 1.53. The quantitative estimate of drug-likeness (QED) is 0.797. The molecule has 0 bridgehead atoms.